The third-order valence-corrected chi connectivity index (χ3v) is 13.3. The Morgan fingerprint density at radius 3 is 2.51 bits per heavy atom. The number of nitrogens with zero attached hydrogens (tertiary/aromatic N) is 1. The predicted molar refractivity (Wildman–Crippen MR) is 146 cm³/mol. The number of aliphatic hydroxyl groups is 1. The summed E-state index contributed by atoms with van der Waals surface area (Å²) in [4.78, 5) is 4.59. The van der Waals surface area contributed by atoms with Crippen molar-refractivity contribution >= 4 is 35.8 Å². The average molecular weight is 548 g/mol. The molecule has 2 rings (SSSR count). The van der Waals surface area contributed by atoms with Gasteiger partial charge in [-0.1, -0.05) is 34.1 Å². The summed E-state index contributed by atoms with van der Waals surface area (Å²) >= 11 is 1.63. The van der Waals surface area contributed by atoms with Crippen LogP contribution < -0.4 is 0 Å². The molecule has 1 aromatic heterocycles. The van der Waals surface area contributed by atoms with Crippen LogP contribution in [0.2, 0.25) is 18.1 Å². The van der Waals surface area contributed by atoms with E-state index in [-0.39, 0.29) is 31.3 Å². The Kier molecular flexibility index (Phi) is 11.6. The Hall–Kier alpha value is -0.623. The van der Waals surface area contributed by atoms with Crippen molar-refractivity contribution < 1.29 is 26.9 Å². The van der Waals surface area contributed by atoms with Crippen molar-refractivity contribution in [2.45, 2.75) is 103 Å². The fourth-order valence-corrected chi connectivity index (χ4v) is 8.44. The van der Waals surface area contributed by atoms with Gasteiger partial charge in [-0.25, -0.2) is 4.98 Å². The number of thiazole rings is 1. The van der Waals surface area contributed by atoms with Gasteiger partial charge in [0.2, 0.25) is 0 Å². The Balaban J connectivity index is 2.25. The first-order valence-electron chi connectivity index (χ1n) is 12.8. The zero-order valence-electron chi connectivity index (χ0n) is 22.5. The SMILES string of the molecule is CC[Si](CC)(CC)O[C@@H](C[C@@H]1O[C@@]1(CCC[C@H](C)CO)COS(C)(=O)=O)/C(C)=C/c1csc(C)n1. The zero-order chi connectivity index (χ0) is 26.3. The molecule has 202 valence electrons. The summed E-state index contributed by atoms with van der Waals surface area (Å²) in [5.74, 6) is 0.202. The molecule has 4 atom stereocenters. The molecule has 1 aromatic rings. The molecule has 1 fully saturated rings. The molecular formula is C25H45NO6S2Si. The molecule has 1 N–H and O–H groups in total. The van der Waals surface area contributed by atoms with Crippen LogP contribution in [0.15, 0.2) is 11.0 Å². The number of rotatable bonds is 17. The van der Waals surface area contributed by atoms with Gasteiger partial charge in [0.15, 0.2) is 8.32 Å². The summed E-state index contributed by atoms with van der Waals surface area (Å²) in [7, 11) is -5.48. The fraction of sp³-hybridized carbons (Fsp3) is 0.800. The van der Waals surface area contributed by atoms with E-state index < -0.39 is 24.0 Å². The lowest BCUT2D eigenvalue weighted by atomic mass is 9.92. The molecule has 0 saturated carbocycles. The van der Waals surface area contributed by atoms with E-state index in [0.29, 0.717) is 12.8 Å². The van der Waals surface area contributed by atoms with Crippen LogP contribution in [0.5, 0.6) is 0 Å². The van der Waals surface area contributed by atoms with E-state index in [9.17, 15) is 13.5 Å². The average Bonchev–Trinajstić information content (AvgIpc) is 3.33. The lowest BCUT2D eigenvalue weighted by molar-refractivity contribution is 0.172. The molecule has 0 aromatic carbocycles. The summed E-state index contributed by atoms with van der Waals surface area (Å²) in [5.41, 5.74) is 1.42. The monoisotopic (exact) mass is 547 g/mol. The Bertz CT molecular complexity index is 922. The zero-order valence-corrected chi connectivity index (χ0v) is 25.1. The van der Waals surface area contributed by atoms with E-state index in [4.69, 9.17) is 13.3 Å². The first-order valence-corrected chi connectivity index (χ1v) is 18.0. The van der Waals surface area contributed by atoms with Gasteiger partial charge in [0.25, 0.3) is 10.1 Å². The molecule has 35 heavy (non-hydrogen) atoms. The van der Waals surface area contributed by atoms with Crippen molar-refractivity contribution in [2.75, 3.05) is 19.5 Å². The van der Waals surface area contributed by atoms with Gasteiger partial charge >= 0.3 is 0 Å². The number of ether oxygens (including phenoxy) is 1. The Morgan fingerprint density at radius 1 is 1.34 bits per heavy atom. The molecule has 0 radical (unpaired) electrons. The van der Waals surface area contributed by atoms with Crippen LogP contribution >= 0.6 is 11.3 Å². The normalized spacial score (nSPS) is 22.9. The van der Waals surface area contributed by atoms with Crippen LogP contribution in [0.25, 0.3) is 6.08 Å². The minimum atomic E-state index is -3.57. The lowest BCUT2D eigenvalue weighted by Crippen LogP contribution is -2.41. The minimum absolute atomic E-state index is 0.0165. The number of epoxide rings is 1. The molecule has 1 saturated heterocycles. The van der Waals surface area contributed by atoms with Gasteiger partial charge in [0, 0.05) is 18.4 Å². The van der Waals surface area contributed by atoms with E-state index in [1.165, 1.54) is 0 Å². The van der Waals surface area contributed by atoms with Gasteiger partial charge in [0.05, 0.1) is 35.8 Å². The molecule has 1 aliphatic heterocycles. The van der Waals surface area contributed by atoms with E-state index in [1.807, 2.05) is 13.8 Å². The van der Waals surface area contributed by atoms with Gasteiger partial charge in [0.1, 0.15) is 5.60 Å². The molecule has 0 aliphatic carbocycles. The molecule has 7 nitrogen and oxygen atoms in total. The van der Waals surface area contributed by atoms with Crippen molar-refractivity contribution in [3.05, 3.63) is 21.7 Å². The van der Waals surface area contributed by atoms with Gasteiger partial charge in [-0.15, -0.1) is 11.3 Å². The second-order valence-corrected chi connectivity index (χ2v) is 17.5. The number of hydrogen-bond acceptors (Lipinski definition) is 8. The number of aliphatic hydroxyl groups excluding tert-OH is 1. The van der Waals surface area contributed by atoms with Crippen LogP contribution in [0.4, 0.5) is 0 Å². The summed E-state index contributed by atoms with van der Waals surface area (Å²) in [6.07, 6.45) is 5.95. The van der Waals surface area contributed by atoms with Gasteiger partial charge < -0.3 is 14.3 Å². The van der Waals surface area contributed by atoms with Crippen LogP contribution in [0.3, 0.4) is 0 Å². The maximum Gasteiger partial charge on any atom is 0.264 e. The topological polar surface area (TPSA) is 98.2 Å². The van der Waals surface area contributed by atoms with Crippen LogP contribution in [-0.4, -0.2) is 64.1 Å². The Morgan fingerprint density at radius 2 is 2.00 bits per heavy atom. The van der Waals surface area contributed by atoms with Crippen molar-refractivity contribution in [1.29, 1.82) is 0 Å². The van der Waals surface area contributed by atoms with Crippen molar-refractivity contribution in [1.82, 2.24) is 4.98 Å². The molecule has 10 heteroatoms. The first kappa shape index (κ1) is 30.6. The third-order valence-electron chi connectivity index (χ3n) is 7.31. The molecule has 0 unspecified atom stereocenters. The fourth-order valence-electron chi connectivity index (χ4n) is 4.57. The van der Waals surface area contributed by atoms with E-state index >= 15 is 0 Å². The number of aryl methyl sites for hydroxylation is 1. The molecule has 0 amide bonds. The predicted octanol–water partition coefficient (Wildman–Crippen LogP) is 5.55. The van der Waals surface area contributed by atoms with Crippen molar-refractivity contribution in [3.63, 3.8) is 0 Å². The van der Waals surface area contributed by atoms with Gasteiger partial charge in [-0.3, -0.25) is 4.18 Å². The Labute approximate surface area is 217 Å². The summed E-state index contributed by atoms with van der Waals surface area (Å²) in [6, 6.07) is 3.14. The standard InChI is InChI=1S/C25H45NO6S2Si/c1-8-35(9-2,10-3)32-23(20(5)14-22-17-33-21(6)26-22)15-24-25(31-24,18-30-34(7,28)29)13-11-12-19(4)16-27/h14,17,19,23-24,27H,8-13,15-16,18H2,1-7H3/b20-14+/t19-,23-,24-,25-/m0/s1. The maximum atomic E-state index is 11.7. The highest BCUT2D eigenvalue weighted by Gasteiger charge is 2.57. The minimum Gasteiger partial charge on any atom is -0.410 e. The van der Waals surface area contributed by atoms with Crippen LogP contribution in [0, 0.1) is 12.8 Å². The summed E-state index contributed by atoms with van der Waals surface area (Å²) < 4.78 is 41.8. The highest BCUT2D eigenvalue weighted by Crippen LogP contribution is 2.46. The van der Waals surface area contributed by atoms with Crippen LogP contribution in [0.1, 0.15) is 71.0 Å². The van der Waals surface area contributed by atoms with Crippen molar-refractivity contribution in [2.24, 2.45) is 5.92 Å². The second-order valence-electron chi connectivity index (χ2n) is 10.1. The van der Waals surface area contributed by atoms with Gasteiger partial charge in [-0.05, 0) is 62.4 Å². The van der Waals surface area contributed by atoms with Crippen LogP contribution in [-0.2, 0) is 23.5 Å². The molecule has 0 bridgehead atoms. The summed E-state index contributed by atoms with van der Waals surface area (Å²) in [5, 5.41) is 12.4. The third kappa shape index (κ3) is 9.32. The molecule has 0 spiro atoms. The second kappa shape index (κ2) is 13.3. The molecular weight excluding hydrogens is 502 g/mol. The number of aromatic nitrogens is 1. The first-order chi connectivity index (χ1) is 16.4. The largest absolute Gasteiger partial charge is 0.410 e. The summed E-state index contributed by atoms with van der Waals surface area (Å²) in [6.45, 7) is 12.9. The number of hydrogen-bond donors (Lipinski definition) is 1. The molecule has 1 aliphatic rings. The highest BCUT2D eigenvalue weighted by atomic mass is 32.2. The smallest absolute Gasteiger partial charge is 0.264 e. The molecule has 2 heterocycles. The van der Waals surface area contributed by atoms with Gasteiger partial charge in [-0.2, -0.15) is 8.42 Å². The highest BCUT2D eigenvalue weighted by molar-refractivity contribution is 7.85. The maximum absolute atomic E-state index is 11.7. The van der Waals surface area contributed by atoms with Crippen molar-refractivity contribution in [3.8, 4) is 0 Å². The lowest BCUT2D eigenvalue weighted by Gasteiger charge is -2.34. The van der Waals surface area contributed by atoms with E-state index in [0.717, 1.165) is 53.5 Å². The van der Waals surface area contributed by atoms with E-state index in [1.54, 1.807) is 11.3 Å². The quantitative estimate of drug-likeness (QED) is 0.155. The van der Waals surface area contributed by atoms with E-state index in [2.05, 4.69) is 44.1 Å².